The van der Waals surface area contributed by atoms with Crippen LogP contribution in [0.2, 0.25) is 0 Å². The van der Waals surface area contributed by atoms with Crippen LogP contribution >= 0.6 is 11.1 Å². The van der Waals surface area contributed by atoms with Crippen LogP contribution in [-0.4, -0.2) is 215 Å². The first-order chi connectivity index (χ1) is 15.2. The van der Waals surface area contributed by atoms with E-state index in [0.29, 0.717) is 24.3 Å². The van der Waals surface area contributed by atoms with Gasteiger partial charge in [0.2, 0.25) is 5.95 Å². The topological polar surface area (TPSA) is 204 Å². The van der Waals surface area contributed by atoms with Crippen LogP contribution in [0.1, 0.15) is 24.8 Å². The molecule has 1 aliphatic heterocycles. The number of nitrogens with one attached hydrogen (secondary N) is 3. The fourth-order valence-corrected chi connectivity index (χ4v) is 5.55. The number of fused-ring (bicyclic) bond motifs is 1. The number of aromatic amines is 1. The molecule has 0 fully saturated rings. The molecule has 3 heterocycles. The van der Waals surface area contributed by atoms with Crippen LogP contribution in [0.15, 0.2) is 28.2 Å². The molecule has 0 amide bonds. The number of aryl methyl sites for hydroxylation is 1. The first-order valence-electron chi connectivity index (χ1n) is 9.67. The van der Waals surface area contributed by atoms with Gasteiger partial charge in [0, 0.05) is 19.7 Å². The summed E-state index contributed by atoms with van der Waals surface area (Å²) in [6.45, 7) is 0. The van der Waals surface area contributed by atoms with Gasteiger partial charge in [-0.25, -0.2) is 4.79 Å². The van der Waals surface area contributed by atoms with Gasteiger partial charge in [-0.3, -0.25) is 14.3 Å². The first kappa shape index (κ1) is 36.3. The molecule has 0 radical (unpaired) electrons. The number of carboxylic acid groups (broad SMARTS) is 3. The van der Waals surface area contributed by atoms with E-state index in [1.807, 2.05) is 0 Å². The Morgan fingerprint density at radius 3 is 2.37 bits per heavy atom. The van der Waals surface area contributed by atoms with Crippen LogP contribution in [0.5, 0.6) is 0 Å². The summed E-state index contributed by atoms with van der Waals surface area (Å²) in [6, 6.07) is -1.18. The van der Waals surface area contributed by atoms with Gasteiger partial charge in [-0.05, 0) is 35.8 Å². The fourth-order valence-electron chi connectivity index (χ4n) is 3.42. The monoisotopic (exact) mass is 584 g/mol. The van der Waals surface area contributed by atoms with E-state index in [4.69, 9.17) is 10.8 Å². The SMILES string of the molecule is CNc1nc(N)nc2[nH]cc(CCC3=CC=C(C(=O)O)[SH]3N[C@@H](CCC(=O)O)C(=O)O)c12.[KH].[KH].[KH]. The molecule has 0 saturated carbocycles. The third-order valence-electron chi connectivity index (χ3n) is 4.93. The molecule has 1 aliphatic rings. The number of aliphatic carboxylic acids is 3. The van der Waals surface area contributed by atoms with Gasteiger partial charge < -0.3 is 31.4 Å². The van der Waals surface area contributed by atoms with Crippen molar-refractivity contribution in [1.82, 2.24) is 19.7 Å². The molecule has 8 N–H and O–H groups in total. The van der Waals surface area contributed by atoms with Crippen LogP contribution < -0.4 is 15.8 Å². The zero-order valence-corrected chi connectivity index (χ0v) is 18.0. The molecule has 0 saturated heterocycles. The van der Waals surface area contributed by atoms with E-state index in [0.717, 1.165) is 15.9 Å². The molecule has 12 nitrogen and oxygen atoms in total. The summed E-state index contributed by atoms with van der Waals surface area (Å²) in [6.07, 6.45) is 5.40. The van der Waals surface area contributed by atoms with Gasteiger partial charge in [-0.2, -0.15) is 9.97 Å². The van der Waals surface area contributed by atoms with E-state index in [1.54, 1.807) is 19.3 Å². The molecule has 16 heteroatoms. The van der Waals surface area contributed by atoms with E-state index in [1.165, 1.54) is 6.08 Å². The number of rotatable bonds is 11. The fraction of sp³-hybridized carbons (Fsp3) is 0.316. The summed E-state index contributed by atoms with van der Waals surface area (Å²) in [5, 5.41) is 31.6. The quantitative estimate of drug-likeness (QED) is 0.122. The number of anilines is 2. The molecule has 0 aromatic carbocycles. The number of aromatic nitrogens is 3. The van der Waals surface area contributed by atoms with Gasteiger partial charge in [-0.1, -0.05) is 6.08 Å². The molecule has 0 bridgehead atoms. The second kappa shape index (κ2) is 17.1. The Kier molecular flexibility index (Phi) is 17.8. The third-order valence-corrected chi connectivity index (χ3v) is 7.27. The van der Waals surface area contributed by atoms with Gasteiger partial charge in [0.15, 0.2) is 0 Å². The van der Waals surface area contributed by atoms with Crippen LogP contribution in [0.25, 0.3) is 11.0 Å². The summed E-state index contributed by atoms with van der Waals surface area (Å²) in [5.74, 6) is -2.81. The Bertz CT molecular complexity index is 1140. The summed E-state index contributed by atoms with van der Waals surface area (Å²) in [5.41, 5.74) is 7.18. The van der Waals surface area contributed by atoms with Crippen molar-refractivity contribution in [1.29, 1.82) is 0 Å². The Hall–Kier alpha value is 1.33. The molecule has 2 aromatic heterocycles. The van der Waals surface area contributed by atoms with Crippen molar-refractivity contribution >= 4 is 206 Å². The Morgan fingerprint density at radius 1 is 1.11 bits per heavy atom. The van der Waals surface area contributed by atoms with Gasteiger partial charge in [0.25, 0.3) is 0 Å². The minimum atomic E-state index is -1.63. The Balaban J connectivity index is 0.00000385. The molecule has 0 aliphatic carbocycles. The van der Waals surface area contributed by atoms with Crippen molar-refractivity contribution in [2.24, 2.45) is 0 Å². The standard InChI is InChI=1S/C19H24N6O6S.3K.3H/c1-21-15-14-9(8-22-16(14)24-19(20)23-15)2-3-10-4-6-12(18(30)31)32(10)25-11(17(28)29)5-7-13(26)27;;;;;;/h4,6,8,11,25,32H,2-3,5,7H2,1H3,(H,26,27)(H,28,29)(H,30,31)(H4,20,21,22,23,24);;;;;;/t11-;;;;;;/m0....../s1. The number of H-pyrrole nitrogens is 1. The average molecular weight is 585 g/mol. The number of hydrogen-bond donors (Lipinski definition) is 8. The van der Waals surface area contributed by atoms with Gasteiger partial charge in [0.05, 0.1) is 10.3 Å². The van der Waals surface area contributed by atoms with Gasteiger partial charge in [-0.15, -0.1) is 11.1 Å². The molecule has 2 aromatic rings. The van der Waals surface area contributed by atoms with Crippen molar-refractivity contribution in [3.05, 3.63) is 33.7 Å². The molecule has 3 rings (SSSR count). The summed E-state index contributed by atoms with van der Waals surface area (Å²) >= 11 is -1.63. The van der Waals surface area contributed by atoms with Gasteiger partial charge >= 0.3 is 172 Å². The summed E-state index contributed by atoms with van der Waals surface area (Å²) in [7, 11) is 1.72. The maximum atomic E-state index is 11.7. The van der Waals surface area contributed by atoms with E-state index >= 15 is 0 Å². The van der Waals surface area contributed by atoms with Crippen molar-refractivity contribution in [3.8, 4) is 0 Å². The van der Waals surface area contributed by atoms with E-state index in [2.05, 4.69) is 25.0 Å². The van der Waals surface area contributed by atoms with Crippen LogP contribution in [-0.2, 0) is 20.8 Å². The molecule has 178 valence electrons. The maximum absolute atomic E-state index is 11.7. The molecule has 35 heavy (non-hydrogen) atoms. The third kappa shape index (κ3) is 9.79. The van der Waals surface area contributed by atoms with Crippen molar-refractivity contribution in [3.63, 3.8) is 0 Å². The minimum absolute atomic E-state index is 0. The number of hydrogen-bond acceptors (Lipinski definition) is 8. The Morgan fingerprint density at radius 2 is 1.80 bits per heavy atom. The second-order valence-electron chi connectivity index (χ2n) is 7.02. The van der Waals surface area contributed by atoms with E-state index < -0.39 is 35.0 Å². The van der Waals surface area contributed by atoms with E-state index in [9.17, 15) is 24.6 Å². The number of carboxylic acids is 3. The predicted molar refractivity (Wildman–Crippen MR) is 142 cm³/mol. The molecule has 1 unspecified atom stereocenters. The van der Waals surface area contributed by atoms with Crippen LogP contribution in [0.3, 0.4) is 0 Å². The van der Waals surface area contributed by atoms with Crippen LogP contribution in [0.4, 0.5) is 11.8 Å². The Labute approximate surface area is 331 Å². The predicted octanol–water partition coefficient (Wildman–Crippen LogP) is -0.741. The number of thiol groups is 1. The zero-order chi connectivity index (χ0) is 23.4. The van der Waals surface area contributed by atoms with Gasteiger partial charge in [0.1, 0.15) is 17.5 Å². The zero-order valence-electron chi connectivity index (χ0n) is 17.1. The number of nitrogen functional groups attached to an aromatic ring is 1. The normalized spacial score (nSPS) is 16.1. The van der Waals surface area contributed by atoms with Crippen molar-refractivity contribution < 1.29 is 29.7 Å². The molecule has 0 spiro atoms. The van der Waals surface area contributed by atoms with Crippen LogP contribution in [0, 0.1) is 0 Å². The number of allylic oxidation sites excluding steroid dienone is 3. The van der Waals surface area contributed by atoms with Crippen molar-refractivity contribution in [2.45, 2.75) is 31.7 Å². The summed E-state index contributed by atoms with van der Waals surface area (Å²) in [4.78, 5) is 46.4. The second-order valence-corrected chi connectivity index (χ2v) is 9.01. The number of carbonyl (C=O) groups is 3. The molecular weight excluding hydrogens is 558 g/mol. The average Bonchev–Trinajstić information content (AvgIpc) is 3.32. The first-order valence-corrected chi connectivity index (χ1v) is 11.0. The summed E-state index contributed by atoms with van der Waals surface area (Å²) < 4.78 is 2.87. The molecule has 2 atom stereocenters. The van der Waals surface area contributed by atoms with Crippen molar-refractivity contribution in [2.75, 3.05) is 18.1 Å². The number of nitrogens with two attached hydrogens (primary N) is 1. The molecular formula is C19H27K3N6O6S. The number of nitrogens with zero attached hydrogens (tertiary/aromatic N) is 2. The van der Waals surface area contributed by atoms with E-state index in [-0.39, 0.29) is 178 Å².